The van der Waals surface area contributed by atoms with E-state index < -0.39 is 55.1 Å². The molecular weight excluding hydrogens is 376 g/mol. The highest BCUT2D eigenvalue weighted by Crippen LogP contribution is 2.43. The molecule has 10 heteroatoms. The summed E-state index contributed by atoms with van der Waals surface area (Å²) in [5, 5.41) is 7.56. The number of sulfone groups is 1. The lowest BCUT2D eigenvalue weighted by Crippen LogP contribution is -2.16. The Bertz CT molecular complexity index is 1080. The first-order valence-electron chi connectivity index (χ1n) is 6.94. The van der Waals surface area contributed by atoms with Crippen LogP contribution >= 0.6 is 0 Å². The molecule has 1 aliphatic heterocycles. The van der Waals surface area contributed by atoms with E-state index in [0.29, 0.717) is 0 Å². The first-order valence-corrected chi connectivity index (χ1v) is 8.49. The van der Waals surface area contributed by atoms with Crippen molar-refractivity contribution in [2.75, 3.05) is 0 Å². The van der Waals surface area contributed by atoms with Gasteiger partial charge in [0.1, 0.15) is 17.3 Å². The van der Waals surface area contributed by atoms with Crippen LogP contribution < -0.4 is 4.74 Å². The summed E-state index contributed by atoms with van der Waals surface area (Å²) in [5.41, 5.74) is -5.73. The molecule has 0 spiro atoms. The first kappa shape index (κ1) is 17.9. The number of ether oxygens (including phenoxy) is 1. The first-order chi connectivity index (χ1) is 12.2. The van der Waals surface area contributed by atoms with Crippen molar-refractivity contribution in [3.05, 3.63) is 58.7 Å². The highest BCUT2D eigenvalue weighted by molar-refractivity contribution is 7.93. The van der Waals surface area contributed by atoms with E-state index in [0.717, 1.165) is 30.3 Å². The number of rotatable bonds is 3. The maximum atomic E-state index is 13.9. The van der Waals surface area contributed by atoms with Gasteiger partial charge in [0.15, 0.2) is 5.69 Å². The minimum atomic E-state index is -4.58. The fraction of sp³-hybridized carbons (Fsp3) is 0.125. The van der Waals surface area contributed by atoms with Gasteiger partial charge in [-0.3, -0.25) is 0 Å². The third kappa shape index (κ3) is 2.70. The van der Waals surface area contributed by atoms with Gasteiger partial charge in [-0.25, -0.2) is 30.8 Å². The molecule has 26 heavy (non-hydrogen) atoms. The summed E-state index contributed by atoms with van der Waals surface area (Å²) in [7, 11) is -4.58. The van der Waals surface area contributed by atoms with Gasteiger partial charge in [-0.2, -0.15) is 0 Å². The Kier molecular flexibility index (Phi) is 4.20. The maximum Gasteiger partial charge on any atom is 0.268 e. The Morgan fingerprint density at radius 2 is 1.92 bits per heavy atom. The zero-order chi connectivity index (χ0) is 19.2. The zero-order valence-electron chi connectivity index (χ0n) is 12.6. The van der Waals surface area contributed by atoms with Gasteiger partial charge in [-0.1, -0.05) is 0 Å². The van der Waals surface area contributed by atoms with E-state index in [1.807, 2.05) is 0 Å². The highest BCUT2D eigenvalue weighted by atomic mass is 32.2. The van der Waals surface area contributed by atoms with Crippen LogP contribution in [0.5, 0.6) is 11.5 Å². The van der Waals surface area contributed by atoms with E-state index >= 15 is 0 Å². The molecule has 0 aromatic heterocycles. The summed E-state index contributed by atoms with van der Waals surface area (Å²) in [6.07, 6.45) is -3.28. The van der Waals surface area contributed by atoms with Crippen molar-refractivity contribution >= 4 is 21.2 Å². The fourth-order valence-corrected chi connectivity index (χ4v) is 3.99. The van der Waals surface area contributed by atoms with E-state index in [4.69, 9.17) is 16.7 Å². The van der Waals surface area contributed by atoms with Crippen LogP contribution in [0.4, 0.5) is 23.2 Å². The van der Waals surface area contributed by atoms with Gasteiger partial charge in [0.2, 0.25) is 15.3 Å². The van der Waals surface area contributed by atoms with Crippen molar-refractivity contribution in [2.24, 2.45) is 0 Å². The molecule has 0 saturated carbocycles. The smallest absolute Gasteiger partial charge is 0.268 e. The van der Waals surface area contributed by atoms with Crippen LogP contribution in [-0.4, -0.2) is 19.6 Å². The van der Waals surface area contributed by atoms with Crippen LogP contribution in [0.25, 0.3) is 4.85 Å². The lowest BCUT2D eigenvalue weighted by atomic mass is 10.0. The van der Waals surface area contributed by atoms with Crippen LogP contribution in [0.3, 0.4) is 0 Å². The monoisotopic (exact) mass is 384 g/mol. The lowest BCUT2D eigenvalue weighted by molar-refractivity contribution is 0.147. The van der Waals surface area contributed by atoms with Crippen LogP contribution in [0.1, 0.15) is 17.6 Å². The Hall–Kier alpha value is -2.93. The van der Waals surface area contributed by atoms with E-state index in [1.165, 1.54) is 0 Å². The Balaban J connectivity index is 2.19. The highest BCUT2D eigenvalue weighted by Gasteiger charge is 2.45. The summed E-state index contributed by atoms with van der Waals surface area (Å²) < 4.78 is 83.4. The van der Waals surface area contributed by atoms with Crippen molar-refractivity contribution in [2.45, 2.75) is 16.8 Å². The number of hydrogen-bond acceptors (Lipinski definition) is 4. The molecule has 134 valence electrons. The van der Waals surface area contributed by atoms with Crippen LogP contribution in [0.15, 0.2) is 35.2 Å². The molecule has 1 unspecified atom stereocenters. The Morgan fingerprint density at radius 1 is 1.23 bits per heavy atom. The maximum absolute atomic E-state index is 13.9. The lowest BCUT2D eigenvalue weighted by Gasteiger charge is -2.14. The molecule has 1 N–H and O–H groups in total. The zero-order valence-corrected chi connectivity index (χ0v) is 13.5. The van der Waals surface area contributed by atoms with E-state index in [9.17, 15) is 26.0 Å². The minimum Gasteiger partial charge on any atom is -0.458 e. The van der Waals surface area contributed by atoms with Gasteiger partial charge < -0.3 is 10.1 Å². The average Bonchev–Trinajstić information content (AvgIpc) is 2.74. The molecule has 5 nitrogen and oxygen atoms in total. The van der Waals surface area contributed by atoms with Crippen molar-refractivity contribution in [1.82, 2.24) is 0 Å². The topological polar surface area (TPSA) is 71.6 Å². The van der Waals surface area contributed by atoms with Crippen molar-refractivity contribution in [3.63, 3.8) is 0 Å². The summed E-state index contributed by atoms with van der Waals surface area (Å²) in [5.74, 6) is -1.68. The molecule has 0 aliphatic carbocycles. The normalized spacial score (nSPS) is 17.8. The molecule has 2 aromatic rings. The van der Waals surface area contributed by atoms with E-state index in [-0.39, 0.29) is 11.4 Å². The second-order valence-electron chi connectivity index (χ2n) is 5.28. The molecule has 2 aromatic carbocycles. The van der Waals surface area contributed by atoms with E-state index in [1.54, 1.807) is 0 Å². The number of nitrogens with zero attached hydrogens (tertiary/aromatic N) is 1. The van der Waals surface area contributed by atoms with Crippen LogP contribution in [-0.2, 0) is 9.84 Å². The number of fused-ring (bicyclic) bond motifs is 1. The number of halogens is 4. The fourth-order valence-electron chi connectivity index (χ4n) is 2.58. The van der Waals surface area contributed by atoms with Crippen molar-refractivity contribution in [3.8, 4) is 11.5 Å². The molecule has 0 bridgehead atoms. The minimum absolute atomic E-state index is 0.140. The molecule has 0 saturated heterocycles. The summed E-state index contributed by atoms with van der Waals surface area (Å²) in [4.78, 5) is 2.29. The third-order valence-corrected chi connectivity index (χ3v) is 5.41. The molecule has 0 radical (unpaired) electrons. The number of hydrogen-bond donors (Lipinski definition) is 1. The number of benzene rings is 2. The Morgan fingerprint density at radius 3 is 2.54 bits per heavy atom. The molecule has 1 atom stereocenters. The second-order valence-corrected chi connectivity index (χ2v) is 7.23. The van der Waals surface area contributed by atoms with Crippen molar-refractivity contribution < 1.29 is 30.7 Å². The van der Waals surface area contributed by atoms with Gasteiger partial charge in [-0.05, 0) is 24.3 Å². The Labute approximate surface area is 145 Å². The summed E-state index contributed by atoms with van der Waals surface area (Å²) in [6, 6.07) is 4.59. The number of alkyl halides is 3. The quantitative estimate of drug-likeness (QED) is 0.623. The molecular formula is C16H8F4N2O3S. The van der Waals surface area contributed by atoms with Gasteiger partial charge in [0, 0.05) is 11.6 Å². The molecule has 0 amide bonds. The molecule has 1 aliphatic rings. The van der Waals surface area contributed by atoms with Gasteiger partial charge in [-0.15, -0.1) is 0 Å². The predicted octanol–water partition coefficient (Wildman–Crippen LogP) is 4.56. The SMILES string of the molecule is [C-]#[N+]c1cc(F)cc(Oc2ccc3c(c2C(F)F)C(=N)C(F)S3(=O)=O)c1. The van der Waals surface area contributed by atoms with Crippen LogP contribution in [0, 0.1) is 17.8 Å². The predicted molar refractivity (Wildman–Crippen MR) is 83.0 cm³/mol. The van der Waals surface area contributed by atoms with Gasteiger partial charge in [0.25, 0.3) is 6.43 Å². The summed E-state index contributed by atoms with van der Waals surface area (Å²) >= 11 is 0. The van der Waals surface area contributed by atoms with Gasteiger partial charge in [0.05, 0.1) is 22.7 Å². The van der Waals surface area contributed by atoms with Gasteiger partial charge >= 0.3 is 0 Å². The van der Waals surface area contributed by atoms with Crippen LogP contribution in [0.2, 0.25) is 0 Å². The molecule has 1 heterocycles. The van der Waals surface area contributed by atoms with Crippen molar-refractivity contribution in [1.29, 1.82) is 5.41 Å². The summed E-state index contributed by atoms with van der Waals surface area (Å²) in [6.45, 7) is 6.87. The third-order valence-electron chi connectivity index (χ3n) is 3.67. The average molecular weight is 384 g/mol. The standard InChI is InChI=1S/C16H8F4N2O3S/c1-22-8-4-7(17)5-9(6-8)25-10-2-3-11-13(12(10)15(18)19)14(21)16(20)26(11,23)24/h2-6,15-16,21H. The molecule has 3 rings (SSSR count). The second kappa shape index (κ2) is 6.10. The largest absolute Gasteiger partial charge is 0.458 e. The molecule has 0 fully saturated rings. The number of nitrogens with one attached hydrogen (secondary N) is 1. The van der Waals surface area contributed by atoms with E-state index in [2.05, 4.69) is 4.85 Å².